The van der Waals surface area contributed by atoms with Crippen LogP contribution in [0.3, 0.4) is 0 Å². The predicted molar refractivity (Wildman–Crippen MR) is 123 cm³/mol. The largest absolute Gasteiger partial charge is 0.374 e. The van der Waals surface area contributed by atoms with Gasteiger partial charge >= 0.3 is 0 Å². The number of hydrogen-bond donors (Lipinski definition) is 1. The van der Waals surface area contributed by atoms with Crippen LogP contribution in [0.15, 0.2) is 48.5 Å². The molecule has 0 spiro atoms. The number of nitrogens with zero attached hydrogens (tertiary/aromatic N) is 3. The van der Waals surface area contributed by atoms with Gasteiger partial charge < -0.3 is 15.1 Å². The molecule has 0 radical (unpaired) electrons. The summed E-state index contributed by atoms with van der Waals surface area (Å²) in [5.74, 6) is 0.639. The van der Waals surface area contributed by atoms with Crippen molar-refractivity contribution >= 4 is 23.0 Å². The molecule has 1 amide bonds. The lowest BCUT2D eigenvalue weighted by atomic mass is 10.0. The number of piperidine rings is 1. The molecule has 5 nitrogen and oxygen atoms in total. The van der Waals surface area contributed by atoms with Crippen LogP contribution in [0.2, 0.25) is 0 Å². The third-order valence-corrected chi connectivity index (χ3v) is 6.70. The number of carbonyl (C=O) groups excluding carboxylic acids is 1. The second-order valence-corrected chi connectivity index (χ2v) is 9.09. The van der Waals surface area contributed by atoms with E-state index in [0.29, 0.717) is 12.2 Å². The van der Waals surface area contributed by atoms with Crippen LogP contribution < -0.4 is 15.1 Å². The molecule has 2 aromatic rings. The normalized spacial score (nSPS) is 22.6. The van der Waals surface area contributed by atoms with Crippen LogP contribution in [-0.4, -0.2) is 56.1 Å². The molecule has 164 valence electrons. The maximum Gasteiger partial charge on any atom is 0.249 e. The third-order valence-electron chi connectivity index (χ3n) is 6.70. The van der Waals surface area contributed by atoms with Crippen LogP contribution in [0.25, 0.3) is 0 Å². The van der Waals surface area contributed by atoms with Gasteiger partial charge in [0.05, 0.1) is 0 Å². The number of hydrogen-bond acceptors (Lipinski definition) is 4. The average Bonchev–Trinajstić information content (AvgIpc) is 3.60. The average molecular weight is 423 g/mol. The van der Waals surface area contributed by atoms with Gasteiger partial charge in [-0.1, -0.05) is 12.1 Å². The van der Waals surface area contributed by atoms with Crippen molar-refractivity contribution in [2.45, 2.75) is 31.7 Å². The first-order valence-corrected chi connectivity index (χ1v) is 11.6. The van der Waals surface area contributed by atoms with Gasteiger partial charge in [-0.3, -0.25) is 9.69 Å². The van der Waals surface area contributed by atoms with Crippen molar-refractivity contribution in [2.24, 2.45) is 5.92 Å². The minimum atomic E-state index is -0.315. The standard InChI is InChI=1S/C25H31FN4O/c26-20-4-1-7-23(16-20)30-11-3-8-24(25(30)31)27-21-5-2-6-22(17-21)29-14-12-28(13-15-29)18-19-9-10-19/h1-2,4-7,16-17,19,24,27H,3,8-15,18H2. The maximum atomic E-state index is 13.6. The molecule has 1 unspecified atom stereocenters. The van der Waals surface area contributed by atoms with Crippen molar-refractivity contribution in [3.63, 3.8) is 0 Å². The molecule has 2 saturated heterocycles. The van der Waals surface area contributed by atoms with Gasteiger partial charge in [0.2, 0.25) is 5.91 Å². The molecule has 5 rings (SSSR count). The Hall–Kier alpha value is -2.60. The second kappa shape index (κ2) is 8.87. The van der Waals surface area contributed by atoms with E-state index in [4.69, 9.17) is 0 Å². The van der Waals surface area contributed by atoms with Crippen LogP contribution in [-0.2, 0) is 4.79 Å². The Bertz CT molecular complexity index is 923. The number of nitrogens with one attached hydrogen (secondary N) is 1. The van der Waals surface area contributed by atoms with Gasteiger partial charge in [0.1, 0.15) is 11.9 Å². The Morgan fingerprint density at radius 2 is 1.68 bits per heavy atom. The van der Waals surface area contributed by atoms with E-state index in [-0.39, 0.29) is 17.8 Å². The molecule has 1 saturated carbocycles. The van der Waals surface area contributed by atoms with Gasteiger partial charge in [0.25, 0.3) is 0 Å². The lowest BCUT2D eigenvalue weighted by Crippen LogP contribution is -2.48. The van der Waals surface area contributed by atoms with Crippen LogP contribution in [0, 0.1) is 11.7 Å². The zero-order valence-electron chi connectivity index (χ0n) is 18.0. The van der Waals surface area contributed by atoms with Crippen molar-refractivity contribution in [3.05, 3.63) is 54.3 Å². The zero-order valence-corrected chi connectivity index (χ0v) is 18.0. The fourth-order valence-corrected chi connectivity index (χ4v) is 4.76. The molecular formula is C25H31FN4O. The highest BCUT2D eigenvalue weighted by Crippen LogP contribution is 2.30. The lowest BCUT2D eigenvalue weighted by molar-refractivity contribution is -0.120. The van der Waals surface area contributed by atoms with E-state index < -0.39 is 0 Å². The highest BCUT2D eigenvalue weighted by Gasteiger charge is 2.30. The first-order valence-electron chi connectivity index (χ1n) is 11.6. The topological polar surface area (TPSA) is 38.8 Å². The van der Waals surface area contributed by atoms with E-state index >= 15 is 0 Å². The molecule has 31 heavy (non-hydrogen) atoms. The molecule has 2 aromatic carbocycles. The second-order valence-electron chi connectivity index (χ2n) is 9.09. The molecule has 0 aromatic heterocycles. The molecule has 2 heterocycles. The monoisotopic (exact) mass is 422 g/mol. The highest BCUT2D eigenvalue weighted by molar-refractivity contribution is 5.99. The number of halogens is 1. The van der Waals surface area contributed by atoms with Crippen LogP contribution >= 0.6 is 0 Å². The number of benzene rings is 2. The maximum absolute atomic E-state index is 13.6. The molecule has 0 bridgehead atoms. The van der Waals surface area contributed by atoms with Crippen molar-refractivity contribution in [2.75, 3.05) is 54.4 Å². The summed E-state index contributed by atoms with van der Waals surface area (Å²) in [6, 6.07) is 14.4. The first-order chi connectivity index (χ1) is 15.2. The van der Waals surface area contributed by atoms with Gasteiger partial charge in [-0.05, 0) is 68.0 Å². The van der Waals surface area contributed by atoms with E-state index in [1.54, 1.807) is 17.0 Å². The smallest absolute Gasteiger partial charge is 0.249 e. The Labute approximate surface area is 183 Å². The molecule has 1 atom stereocenters. The fourth-order valence-electron chi connectivity index (χ4n) is 4.76. The van der Waals surface area contributed by atoms with Crippen molar-refractivity contribution in [1.29, 1.82) is 0 Å². The van der Waals surface area contributed by atoms with Gasteiger partial charge in [-0.2, -0.15) is 0 Å². The number of amides is 1. The minimum absolute atomic E-state index is 0.0101. The Morgan fingerprint density at radius 3 is 2.45 bits per heavy atom. The Kier molecular flexibility index (Phi) is 5.81. The lowest BCUT2D eigenvalue weighted by Gasteiger charge is -2.36. The van der Waals surface area contributed by atoms with E-state index in [1.165, 1.54) is 37.2 Å². The number of anilines is 3. The van der Waals surface area contributed by atoms with E-state index in [1.807, 2.05) is 6.07 Å². The van der Waals surface area contributed by atoms with E-state index in [0.717, 1.165) is 50.6 Å². The van der Waals surface area contributed by atoms with Crippen molar-refractivity contribution in [3.8, 4) is 0 Å². The van der Waals surface area contributed by atoms with Gasteiger partial charge in [0, 0.05) is 56.3 Å². The molecular weight excluding hydrogens is 391 g/mol. The van der Waals surface area contributed by atoms with Crippen molar-refractivity contribution < 1.29 is 9.18 Å². The van der Waals surface area contributed by atoms with Crippen molar-refractivity contribution in [1.82, 2.24) is 4.90 Å². The van der Waals surface area contributed by atoms with Crippen LogP contribution in [0.1, 0.15) is 25.7 Å². The molecule has 6 heteroatoms. The van der Waals surface area contributed by atoms with Gasteiger partial charge in [-0.15, -0.1) is 0 Å². The summed E-state index contributed by atoms with van der Waals surface area (Å²) in [4.78, 5) is 19.8. The molecule has 1 aliphatic carbocycles. The number of rotatable bonds is 6. The predicted octanol–water partition coefficient (Wildman–Crippen LogP) is 3.97. The first kappa shape index (κ1) is 20.3. The summed E-state index contributed by atoms with van der Waals surface area (Å²) >= 11 is 0. The summed E-state index contributed by atoms with van der Waals surface area (Å²) in [7, 11) is 0. The third kappa shape index (κ3) is 4.85. The molecule has 2 aliphatic heterocycles. The van der Waals surface area contributed by atoms with Gasteiger partial charge in [0.15, 0.2) is 0 Å². The minimum Gasteiger partial charge on any atom is -0.374 e. The quantitative estimate of drug-likeness (QED) is 0.765. The van der Waals surface area contributed by atoms with Crippen LogP contribution in [0.5, 0.6) is 0 Å². The fraction of sp³-hybridized carbons (Fsp3) is 0.480. The number of piperazine rings is 1. The van der Waals surface area contributed by atoms with Crippen LogP contribution in [0.4, 0.5) is 21.5 Å². The summed E-state index contributed by atoms with van der Waals surface area (Å²) in [5.41, 5.74) is 2.81. The molecule has 3 fully saturated rings. The molecule has 3 aliphatic rings. The summed E-state index contributed by atoms with van der Waals surface area (Å²) < 4.78 is 13.6. The highest BCUT2D eigenvalue weighted by atomic mass is 19.1. The Balaban J connectivity index is 1.22. The van der Waals surface area contributed by atoms with E-state index in [9.17, 15) is 9.18 Å². The summed E-state index contributed by atoms with van der Waals surface area (Å²) in [5, 5.41) is 3.45. The summed E-state index contributed by atoms with van der Waals surface area (Å²) in [6.45, 7) is 6.24. The SMILES string of the molecule is O=C1C(Nc2cccc(N3CCN(CC4CC4)CC3)c2)CCCN1c1cccc(F)c1. The number of carbonyl (C=O) groups is 1. The Morgan fingerprint density at radius 1 is 0.903 bits per heavy atom. The van der Waals surface area contributed by atoms with E-state index in [2.05, 4.69) is 33.3 Å². The summed E-state index contributed by atoms with van der Waals surface area (Å²) in [6.07, 6.45) is 4.49. The van der Waals surface area contributed by atoms with Gasteiger partial charge in [-0.25, -0.2) is 4.39 Å². The molecule has 1 N–H and O–H groups in total. The zero-order chi connectivity index (χ0) is 21.2.